The normalized spacial score (nSPS) is 22.9. The van der Waals surface area contributed by atoms with Gasteiger partial charge in [-0.2, -0.15) is 0 Å². The smallest absolute Gasteiger partial charge is 0.407 e. The number of amides is 2. The summed E-state index contributed by atoms with van der Waals surface area (Å²) in [6, 6.07) is -0.737. The van der Waals surface area contributed by atoms with Crippen molar-refractivity contribution >= 4 is 18.0 Å². The summed E-state index contributed by atoms with van der Waals surface area (Å²) < 4.78 is 9.37. The first kappa shape index (κ1) is 17.3. The number of ether oxygens (including phenoxy) is 2. The molecule has 0 aliphatic carbocycles. The van der Waals surface area contributed by atoms with Crippen molar-refractivity contribution in [3.05, 3.63) is 0 Å². The highest BCUT2D eigenvalue weighted by atomic mass is 16.5. The van der Waals surface area contributed by atoms with Gasteiger partial charge in [-0.1, -0.05) is 13.8 Å². The zero-order valence-corrected chi connectivity index (χ0v) is 13.3. The maximum Gasteiger partial charge on any atom is 0.407 e. The van der Waals surface area contributed by atoms with Gasteiger partial charge in [-0.25, -0.2) is 9.59 Å². The molecular formula is C14H24N2O5. The predicted octanol–water partition coefficient (Wildman–Crippen LogP) is 0.921. The molecule has 0 unspecified atom stereocenters. The van der Waals surface area contributed by atoms with E-state index in [-0.39, 0.29) is 11.8 Å². The van der Waals surface area contributed by atoms with E-state index in [2.05, 4.69) is 10.1 Å². The molecule has 0 spiro atoms. The van der Waals surface area contributed by atoms with Crippen LogP contribution in [0.15, 0.2) is 0 Å². The van der Waals surface area contributed by atoms with Gasteiger partial charge in [0.1, 0.15) is 11.6 Å². The fourth-order valence-corrected chi connectivity index (χ4v) is 2.62. The Bertz CT molecular complexity index is 424. The third-order valence-corrected chi connectivity index (χ3v) is 3.92. The minimum absolute atomic E-state index is 0.126. The number of hydrogen-bond donors (Lipinski definition) is 1. The molecule has 1 fully saturated rings. The fraction of sp³-hybridized carbons (Fsp3) is 0.786. The van der Waals surface area contributed by atoms with E-state index in [4.69, 9.17) is 4.74 Å². The lowest BCUT2D eigenvalue weighted by molar-refractivity contribution is -0.159. The number of nitrogens with one attached hydrogen (secondary N) is 1. The van der Waals surface area contributed by atoms with Crippen LogP contribution in [-0.4, -0.2) is 55.2 Å². The molecule has 0 bridgehead atoms. The molecule has 1 aliphatic rings. The Morgan fingerprint density at radius 1 is 1.19 bits per heavy atom. The van der Waals surface area contributed by atoms with Crippen molar-refractivity contribution in [3.63, 3.8) is 0 Å². The molecule has 0 aromatic rings. The quantitative estimate of drug-likeness (QED) is 0.780. The van der Waals surface area contributed by atoms with Gasteiger partial charge < -0.3 is 19.7 Å². The summed E-state index contributed by atoms with van der Waals surface area (Å²) in [6.45, 7) is 5.81. The summed E-state index contributed by atoms with van der Waals surface area (Å²) in [5.74, 6) is -0.853. The van der Waals surface area contributed by atoms with Gasteiger partial charge in [0.25, 0.3) is 0 Å². The van der Waals surface area contributed by atoms with Crippen molar-refractivity contribution in [2.45, 2.75) is 45.2 Å². The molecule has 7 nitrogen and oxygen atoms in total. The van der Waals surface area contributed by atoms with E-state index < -0.39 is 23.6 Å². The Morgan fingerprint density at radius 3 is 2.29 bits per heavy atom. The van der Waals surface area contributed by atoms with E-state index >= 15 is 0 Å². The monoisotopic (exact) mass is 300 g/mol. The van der Waals surface area contributed by atoms with Crippen LogP contribution < -0.4 is 5.32 Å². The Labute approximate surface area is 124 Å². The van der Waals surface area contributed by atoms with E-state index in [1.165, 1.54) is 19.1 Å². The van der Waals surface area contributed by atoms with E-state index in [1.807, 2.05) is 13.8 Å². The second kappa shape index (κ2) is 6.78. The van der Waals surface area contributed by atoms with Crippen LogP contribution >= 0.6 is 0 Å². The highest BCUT2D eigenvalue weighted by Gasteiger charge is 2.48. The summed E-state index contributed by atoms with van der Waals surface area (Å²) in [6.07, 6.45) is 0.607. The molecule has 2 atom stereocenters. The van der Waals surface area contributed by atoms with E-state index in [1.54, 1.807) is 6.92 Å². The summed E-state index contributed by atoms with van der Waals surface area (Å²) in [4.78, 5) is 37.6. The number of esters is 1. The number of carbonyl (C=O) groups is 3. The lowest BCUT2D eigenvalue weighted by Gasteiger charge is -2.35. The standard InChI is InChI=1S/C14H24N2O5/c1-9(2)10(15-13(19)21-5)11(17)16-8-6-7-14(16,3)12(18)20-4/h9-10H,6-8H2,1-5H3,(H,15,19)/t10-,14-/m0/s1. The highest BCUT2D eigenvalue weighted by Crippen LogP contribution is 2.31. The largest absolute Gasteiger partial charge is 0.467 e. The van der Waals surface area contributed by atoms with Gasteiger partial charge in [-0.3, -0.25) is 4.79 Å². The maximum absolute atomic E-state index is 12.7. The van der Waals surface area contributed by atoms with Crippen LogP contribution in [0.3, 0.4) is 0 Å². The summed E-state index contributed by atoms with van der Waals surface area (Å²) >= 11 is 0. The Hall–Kier alpha value is -1.79. The fourth-order valence-electron chi connectivity index (χ4n) is 2.62. The van der Waals surface area contributed by atoms with Crippen molar-refractivity contribution in [2.75, 3.05) is 20.8 Å². The van der Waals surface area contributed by atoms with Crippen LogP contribution in [0.2, 0.25) is 0 Å². The Kier molecular flexibility index (Phi) is 5.57. The van der Waals surface area contributed by atoms with E-state index in [0.29, 0.717) is 13.0 Å². The van der Waals surface area contributed by atoms with Crippen molar-refractivity contribution in [2.24, 2.45) is 5.92 Å². The average molecular weight is 300 g/mol. The molecule has 120 valence electrons. The zero-order chi connectivity index (χ0) is 16.2. The molecule has 0 radical (unpaired) electrons. The molecule has 2 amide bonds. The van der Waals surface area contributed by atoms with Gasteiger partial charge in [0, 0.05) is 6.54 Å². The minimum Gasteiger partial charge on any atom is -0.467 e. The molecule has 1 aliphatic heterocycles. The second-order valence-corrected chi connectivity index (χ2v) is 5.72. The third kappa shape index (κ3) is 3.46. The first-order valence-corrected chi connectivity index (χ1v) is 7.02. The second-order valence-electron chi connectivity index (χ2n) is 5.72. The Balaban J connectivity index is 2.97. The molecule has 1 N–H and O–H groups in total. The van der Waals surface area contributed by atoms with Gasteiger partial charge >= 0.3 is 12.1 Å². The number of nitrogens with zero attached hydrogens (tertiary/aromatic N) is 1. The van der Waals surface area contributed by atoms with Gasteiger partial charge in [-0.15, -0.1) is 0 Å². The molecule has 0 aromatic carbocycles. The number of rotatable bonds is 4. The van der Waals surface area contributed by atoms with E-state index in [0.717, 1.165) is 6.42 Å². The number of methoxy groups -OCH3 is 2. The number of likely N-dealkylation sites (tertiary alicyclic amines) is 1. The van der Waals surface area contributed by atoms with Crippen LogP contribution in [0, 0.1) is 5.92 Å². The van der Waals surface area contributed by atoms with Crippen molar-refractivity contribution in [1.82, 2.24) is 10.2 Å². The molecule has 0 saturated carbocycles. The minimum atomic E-state index is -0.975. The predicted molar refractivity (Wildman–Crippen MR) is 75.5 cm³/mol. The molecular weight excluding hydrogens is 276 g/mol. The van der Waals surface area contributed by atoms with Crippen molar-refractivity contribution in [3.8, 4) is 0 Å². The number of alkyl carbamates (subject to hydrolysis) is 1. The first-order valence-electron chi connectivity index (χ1n) is 7.02. The highest BCUT2D eigenvalue weighted by molar-refractivity contribution is 5.92. The molecule has 0 aromatic heterocycles. The van der Waals surface area contributed by atoms with Crippen LogP contribution in [-0.2, 0) is 19.1 Å². The molecule has 1 saturated heterocycles. The van der Waals surface area contributed by atoms with Crippen LogP contribution in [0.25, 0.3) is 0 Å². The lowest BCUT2D eigenvalue weighted by atomic mass is 9.96. The molecule has 1 rings (SSSR count). The maximum atomic E-state index is 12.7. The molecule has 7 heteroatoms. The summed E-state index contributed by atoms with van der Waals surface area (Å²) in [7, 11) is 2.55. The van der Waals surface area contributed by atoms with Gasteiger partial charge in [0.2, 0.25) is 5.91 Å². The SMILES string of the molecule is COC(=O)N[C@H](C(=O)N1CCC[C@@]1(C)C(=O)OC)C(C)C. The molecule has 1 heterocycles. The van der Waals surface area contributed by atoms with Crippen molar-refractivity contribution in [1.29, 1.82) is 0 Å². The van der Waals surface area contributed by atoms with Gasteiger partial charge in [0.05, 0.1) is 14.2 Å². The average Bonchev–Trinajstić information content (AvgIpc) is 2.85. The number of carbonyl (C=O) groups excluding carboxylic acids is 3. The van der Waals surface area contributed by atoms with Crippen LogP contribution in [0.4, 0.5) is 4.79 Å². The van der Waals surface area contributed by atoms with Crippen LogP contribution in [0.5, 0.6) is 0 Å². The summed E-state index contributed by atoms with van der Waals surface area (Å²) in [5.41, 5.74) is -0.975. The van der Waals surface area contributed by atoms with Crippen molar-refractivity contribution < 1.29 is 23.9 Å². The van der Waals surface area contributed by atoms with Crippen LogP contribution in [0.1, 0.15) is 33.6 Å². The summed E-state index contributed by atoms with van der Waals surface area (Å²) in [5, 5.41) is 2.53. The van der Waals surface area contributed by atoms with Gasteiger partial charge in [-0.05, 0) is 25.7 Å². The lowest BCUT2D eigenvalue weighted by Crippen LogP contribution is -2.58. The first-order chi connectivity index (χ1) is 9.77. The third-order valence-electron chi connectivity index (χ3n) is 3.92. The Morgan fingerprint density at radius 2 is 1.81 bits per heavy atom. The van der Waals surface area contributed by atoms with E-state index in [9.17, 15) is 14.4 Å². The topological polar surface area (TPSA) is 84.9 Å². The zero-order valence-electron chi connectivity index (χ0n) is 13.3. The number of hydrogen-bond acceptors (Lipinski definition) is 5. The van der Waals surface area contributed by atoms with Gasteiger partial charge in [0.15, 0.2) is 0 Å². The molecule has 21 heavy (non-hydrogen) atoms.